The minimum absolute atomic E-state index is 0.0500. The van der Waals surface area contributed by atoms with E-state index >= 15 is 0 Å². The van der Waals surface area contributed by atoms with E-state index in [-0.39, 0.29) is 17.1 Å². The molecule has 4 aromatic carbocycles. The number of hydrogen-bond donors (Lipinski definition) is 0. The topological polar surface area (TPSA) is 108 Å². The van der Waals surface area contributed by atoms with Crippen molar-refractivity contribution in [3.8, 4) is 0 Å². The van der Waals surface area contributed by atoms with Crippen molar-refractivity contribution < 1.29 is 36.5 Å². The number of hydrogen-bond acceptors (Lipinski definition) is 9. The van der Waals surface area contributed by atoms with Gasteiger partial charge in [-0.15, -0.1) is 0 Å². The molecule has 0 radical (unpaired) electrons. The molecule has 0 aromatic heterocycles. The molecule has 1 saturated heterocycles. The zero-order valence-corrected chi connectivity index (χ0v) is 24.7. The molecule has 1 heterocycles. The van der Waals surface area contributed by atoms with Crippen LogP contribution in [0.5, 0.6) is 0 Å². The van der Waals surface area contributed by atoms with Crippen LogP contribution in [0.1, 0.15) is 31.8 Å². The van der Waals surface area contributed by atoms with Crippen LogP contribution < -0.4 is 0 Å². The number of esters is 2. The summed E-state index contributed by atoms with van der Waals surface area (Å²) in [4.78, 5) is 32.8. The van der Waals surface area contributed by atoms with Gasteiger partial charge in [0.15, 0.2) is 6.10 Å². The predicted molar refractivity (Wildman–Crippen MR) is 160 cm³/mol. The van der Waals surface area contributed by atoms with Crippen molar-refractivity contribution in [2.45, 2.75) is 42.7 Å². The quantitative estimate of drug-likeness (QED) is 0.191. The lowest BCUT2D eigenvalue weighted by Gasteiger charge is -2.30. The van der Waals surface area contributed by atoms with Crippen LogP contribution in [-0.4, -0.2) is 56.4 Å². The molecule has 2 aliphatic rings. The van der Waals surface area contributed by atoms with Gasteiger partial charge >= 0.3 is 11.9 Å². The average Bonchev–Trinajstić information content (AvgIpc) is 3.57. The molecule has 4 aromatic rings. The number of benzene rings is 4. The Morgan fingerprint density at radius 2 is 1.25 bits per heavy atom. The smallest absolute Gasteiger partial charge is 0.338 e. The third-order valence-corrected chi connectivity index (χ3v) is 9.17. The number of aryl methyl sites for hydroxylation is 1. The van der Waals surface area contributed by atoms with Crippen molar-refractivity contribution in [3.05, 3.63) is 138 Å². The number of carbonyl (C=O) groups is 2. The number of hydroxylamine groups is 2. The molecular weight excluding hydrogens is 582 g/mol. The van der Waals surface area contributed by atoms with Crippen molar-refractivity contribution in [2.24, 2.45) is 5.92 Å². The number of fused-ring (bicyclic) bond motifs is 1. The Morgan fingerprint density at radius 1 is 0.727 bits per heavy atom. The molecule has 10 heteroatoms. The first-order chi connectivity index (χ1) is 21.3. The van der Waals surface area contributed by atoms with Crippen molar-refractivity contribution in [3.63, 3.8) is 0 Å². The van der Waals surface area contributed by atoms with E-state index in [1.165, 1.54) is 12.1 Å². The van der Waals surface area contributed by atoms with Crippen LogP contribution in [0.3, 0.4) is 0 Å². The van der Waals surface area contributed by atoms with E-state index in [1.54, 1.807) is 77.9 Å². The molecule has 5 atom stereocenters. The molecule has 1 saturated carbocycles. The van der Waals surface area contributed by atoms with Crippen LogP contribution in [0.15, 0.2) is 120 Å². The van der Waals surface area contributed by atoms with Gasteiger partial charge in [0.05, 0.1) is 28.7 Å². The minimum Gasteiger partial charge on any atom is -0.454 e. The van der Waals surface area contributed by atoms with Crippen molar-refractivity contribution >= 4 is 22.1 Å². The lowest BCUT2D eigenvalue weighted by atomic mass is 10.0. The van der Waals surface area contributed by atoms with Crippen LogP contribution >= 0.6 is 0 Å². The maximum Gasteiger partial charge on any atom is 0.338 e. The van der Waals surface area contributed by atoms with E-state index < -0.39 is 52.3 Å². The molecule has 1 aliphatic carbocycles. The molecule has 9 nitrogen and oxygen atoms in total. The lowest BCUT2D eigenvalue weighted by molar-refractivity contribution is -0.166. The summed E-state index contributed by atoms with van der Waals surface area (Å²) < 4.78 is 45.3. The molecule has 0 spiro atoms. The fourth-order valence-electron chi connectivity index (χ4n) is 5.65. The second kappa shape index (κ2) is 12.7. The third kappa shape index (κ3) is 6.29. The summed E-state index contributed by atoms with van der Waals surface area (Å²) in [6.07, 6.45) is -3.61. The molecule has 226 valence electrons. The van der Waals surface area contributed by atoms with Gasteiger partial charge in [0, 0.05) is 12.5 Å². The number of carbonyl (C=O) groups excluding carboxylic acids is 2. The molecule has 1 aliphatic heterocycles. The molecule has 0 N–H and O–H groups in total. The molecule has 2 fully saturated rings. The van der Waals surface area contributed by atoms with E-state index in [0.29, 0.717) is 12.1 Å². The standard InChI is InChI=1S/C34H31NO8S/c1-23-17-19-27(20-18-23)44(38,39)43-31-29-28(22-40-35(29)21-24-11-5-2-6-12-24)30(41-33(36)25-13-7-3-8-14-25)32(31)42-34(37)26-15-9-4-10-16-26/h2-20,28-32H,21-22H2,1H3/t28-,29+,30+,31-,32-/m0/s1. The van der Waals surface area contributed by atoms with E-state index in [2.05, 4.69) is 0 Å². The number of rotatable bonds is 9. The highest BCUT2D eigenvalue weighted by Gasteiger charge is 2.62. The van der Waals surface area contributed by atoms with Crippen LogP contribution in [0.25, 0.3) is 0 Å². The highest BCUT2D eigenvalue weighted by atomic mass is 32.2. The summed E-state index contributed by atoms with van der Waals surface area (Å²) in [7, 11) is -4.35. The van der Waals surface area contributed by atoms with Crippen LogP contribution in [0, 0.1) is 12.8 Å². The largest absolute Gasteiger partial charge is 0.454 e. The summed E-state index contributed by atoms with van der Waals surface area (Å²) >= 11 is 0. The van der Waals surface area contributed by atoms with Gasteiger partial charge in [-0.25, -0.2) is 9.59 Å². The van der Waals surface area contributed by atoms with Gasteiger partial charge < -0.3 is 9.47 Å². The van der Waals surface area contributed by atoms with Crippen molar-refractivity contribution in [1.82, 2.24) is 5.06 Å². The summed E-state index contributed by atoms with van der Waals surface area (Å²) in [5, 5.41) is 1.63. The average molecular weight is 614 g/mol. The van der Waals surface area contributed by atoms with Gasteiger partial charge in [-0.05, 0) is 48.9 Å². The van der Waals surface area contributed by atoms with Crippen LogP contribution in [0.2, 0.25) is 0 Å². The molecule has 0 unspecified atom stereocenters. The molecular formula is C34H31NO8S. The van der Waals surface area contributed by atoms with E-state index in [9.17, 15) is 18.0 Å². The normalized spacial score (nSPS) is 23.2. The Labute approximate surface area is 256 Å². The maximum absolute atomic E-state index is 13.7. The first kappa shape index (κ1) is 29.7. The van der Waals surface area contributed by atoms with E-state index in [0.717, 1.165) is 11.1 Å². The Bertz CT molecular complexity index is 1700. The van der Waals surface area contributed by atoms with Gasteiger partial charge in [0.25, 0.3) is 10.1 Å². The Morgan fingerprint density at radius 3 is 1.82 bits per heavy atom. The summed E-state index contributed by atoms with van der Waals surface area (Å²) in [5.74, 6) is -1.91. The van der Waals surface area contributed by atoms with Crippen molar-refractivity contribution in [2.75, 3.05) is 6.61 Å². The monoisotopic (exact) mass is 613 g/mol. The fraction of sp³-hybridized carbons (Fsp3) is 0.235. The molecule has 0 amide bonds. The van der Waals surface area contributed by atoms with Crippen LogP contribution in [0.4, 0.5) is 0 Å². The zero-order valence-electron chi connectivity index (χ0n) is 23.9. The predicted octanol–water partition coefficient (Wildman–Crippen LogP) is 4.97. The first-order valence-corrected chi connectivity index (χ1v) is 15.7. The minimum atomic E-state index is -4.35. The Balaban J connectivity index is 1.39. The van der Waals surface area contributed by atoms with Gasteiger partial charge in [-0.3, -0.25) is 9.02 Å². The molecule has 6 rings (SSSR count). The first-order valence-electron chi connectivity index (χ1n) is 14.3. The summed E-state index contributed by atoms with van der Waals surface area (Å²) in [6.45, 7) is 2.24. The van der Waals surface area contributed by atoms with E-state index in [1.807, 2.05) is 37.3 Å². The maximum atomic E-state index is 13.7. The Kier molecular flexibility index (Phi) is 8.58. The summed E-state index contributed by atoms with van der Waals surface area (Å²) in [6, 6.07) is 31.8. The zero-order chi connectivity index (χ0) is 30.7. The number of ether oxygens (including phenoxy) is 2. The van der Waals surface area contributed by atoms with Gasteiger partial charge in [0.2, 0.25) is 0 Å². The summed E-state index contributed by atoms with van der Waals surface area (Å²) in [5.41, 5.74) is 2.35. The lowest BCUT2D eigenvalue weighted by Crippen LogP contribution is -2.46. The third-order valence-electron chi connectivity index (χ3n) is 7.84. The highest BCUT2D eigenvalue weighted by molar-refractivity contribution is 7.86. The molecule has 0 bridgehead atoms. The Hall–Kier alpha value is -4.35. The van der Waals surface area contributed by atoms with Gasteiger partial charge in [-0.1, -0.05) is 84.4 Å². The van der Waals surface area contributed by atoms with Crippen LogP contribution in [-0.2, 0) is 35.2 Å². The second-order valence-electron chi connectivity index (χ2n) is 10.8. The SMILES string of the molecule is Cc1ccc(S(=O)(=O)O[C@@H]2[C@@H](OC(=O)c3ccccc3)[C@H](OC(=O)c3ccccc3)[C@H]3CON(Cc4ccccc4)[C@H]32)cc1. The fourth-order valence-corrected chi connectivity index (χ4v) is 6.75. The second-order valence-corrected chi connectivity index (χ2v) is 12.4. The van der Waals surface area contributed by atoms with Crippen molar-refractivity contribution in [1.29, 1.82) is 0 Å². The van der Waals surface area contributed by atoms with E-state index in [4.69, 9.17) is 18.5 Å². The highest BCUT2D eigenvalue weighted by Crippen LogP contribution is 2.43. The number of nitrogens with zero attached hydrogens (tertiary/aromatic N) is 1. The van der Waals surface area contributed by atoms with Gasteiger partial charge in [0.1, 0.15) is 12.2 Å². The molecule has 44 heavy (non-hydrogen) atoms. The van der Waals surface area contributed by atoms with Gasteiger partial charge in [-0.2, -0.15) is 13.5 Å².